The molecule has 0 unspecified atom stereocenters. The van der Waals surface area contributed by atoms with Gasteiger partial charge in [0.05, 0.1) is 11.4 Å². The number of nitrogens with one attached hydrogen (secondary N) is 1. The normalized spacial score (nSPS) is 17.8. The number of aromatic nitrogens is 3. The van der Waals surface area contributed by atoms with Gasteiger partial charge in [0, 0.05) is 42.5 Å². The fourth-order valence-electron chi connectivity index (χ4n) is 2.51. The monoisotopic (exact) mass is 238 g/mol. The summed E-state index contributed by atoms with van der Waals surface area (Å²) in [4.78, 5) is 13.6. The van der Waals surface area contributed by atoms with Crippen molar-refractivity contribution in [2.75, 3.05) is 0 Å². The summed E-state index contributed by atoms with van der Waals surface area (Å²) in [5.74, 6) is 1.49. The van der Waals surface area contributed by atoms with Crippen LogP contribution in [0, 0.1) is 0 Å². The summed E-state index contributed by atoms with van der Waals surface area (Å²) in [6, 6.07) is 3.95. The van der Waals surface area contributed by atoms with Gasteiger partial charge in [0.1, 0.15) is 0 Å². The molecule has 0 spiro atoms. The Kier molecular flexibility index (Phi) is 2.17. The Morgan fingerprint density at radius 3 is 2.89 bits per heavy atom. The average molecular weight is 238 g/mol. The largest absolute Gasteiger partial charge is 0.307 e. The molecule has 0 aromatic carbocycles. The number of nitrogens with zero attached hydrogens (tertiary/aromatic N) is 3. The fourth-order valence-corrected chi connectivity index (χ4v) is 2.51. The zero-order chi connectivity index (χ0) is 11.9. The first-order valence-electron chi connectivity index (χ1n) is 6.42. The molecule has 4 heteroatoms. The minimum Gasteiger partial charge on any atom is -0.307 e. The summed E-state index contributed by atoms with van der Waals surface area (Å²) in [5, 5.41) is 3.37. The predicted octanol–water partition coefficient (Wildman–Crippen LogP) is 2.02. The maximum absolute atomic E-state index is 4.79. The van der Waals surface area contributed by atoms with Gasteiger partial charge in [-0.05, 0) is 25.0 Å². The lowest BCUT2D eigenvalue weighted by atomic mass is 10.1. The Balaban J connectivity index is 1.87. The Labute approximate surface area is 106 Å². The van der Waals surface area contributed by atoms with Gasteiger partial charge in [-0.3, -0.25) is 4.98 Å². The van der Waals surface area contributed by atoms with E-state index < -0.39 is 0 Å². The predicted molar refractivity (Wildman–Crippen MR) is 67.8 cm³/mol. The van der Waals surface area contributed by atoms with Gasteiger partial charge in [0.25, 0.3) is 0 Å². The van der Waals surface area contributed by atoms with E-state index in [-0.39, 0.29) is 0 Å². The van der Waals surface area contributed by atoms with Crippen LogP contribution in [0.25, 0.3) is 11.4 Å². The van der Waals surface area contributed by atoms with Crippen LogP contribution in [0.4, 0.5) is 0 Å². The number of hydrogen-bond donors (Lipinski definition) is 1. The molecule has 1 aliphatic carbocycles. The van der Waals surface area contributed by atoms with Crippen LogP contribution in [0.1, 0.15) is 35.7 Å². The molecule has 2 aromatic rings. The standard InChI is InChI=1S/C14H14N4/c1-2-10(6-15-5-1)14-17-12-8-16-7-11(12)13(18-14)9-3-4-9/h1-2,5-6,9,16H,3-4,7-8H2. The van der Waals surface area contributed by atoms with Crippen molar-refractivity contribution in [3.63, 3.8) is 0 Å². The van der Waals surface area contributed by atoms with Gasteiger partial charge in [0.15, 0.2) is 5.82 Å². The summed E-state index contributed by atoms with van der Waals surface area (Å²) >= 11 is 0. The highest BCUT2D eigenvalue weighted by Gasteiger charge is 2.31. The SMILES string of the molecule is c1cncc(-c2nc3c(c(C4CC4)n2)CNC3)c1. The van der Waals surface area contributed by atoms with Crippen LogP contribution in [0.5, 0.6) is 0 Å². The van der Waals surface area contributed by atoms with Crippen LogP contribution in [-0.2, 0) is 13.1 Å². The summed E-state index contributed by atoms with van der Waals surface area (Å²) in [6.45, 7) is 1.79. The molecule has 2 aromatic heterocycles. The smallest absolute Gasteiger partial charge is 0.161 e. The summed E-state index contributed by atoms with van der Waals surface area (Å²) in [6.07, 6.45) is 6.16. The molecule has 3 heterocycles. The van der Waals surface area contributed by atoms with Crippen LogP contribution in [0.15, 0.2) is 24.5 Å². The van der Waals surface area contributed by atoms with Crippen LogP contribution in [0.2, 0.25) is 0 Å². The van der Waals surface area contributed by atoms with E-state index in [9.17, 15) is 0 Å². The molecule has 0 atom stereocenters. The number of rotatable bonds is 2. The molecule has 0 saturated heterocycles. The molecule has 0 radical (unpaired) electrons. The van der Waals surface area contributed by atoms with Crippen molar-refractivity contribution in [2.45, 2.75) is 31.8 Å². The van der Waals surface area contributed by atoms with E-state index in [1.54, 1.807) is 6.20 Å². The lowest BCUT2D eigenvalue weighted by molar-refractivity contribution is 0.755. The minimum atomic E-state index is 0.664. The van der Waals surface area contributed by atoms with E-state index in [2.05, 4.69) is 15.3 Å². The van der Waals surface area contributed by atoms with Crippen molar-refractivity contribution in [3.8, 4) is 11.4 Å². The molecule has 2 aliphatic rings. The molecule has 0 bridgehead atoms. The van der Waals surface area contributed by atoms with Gasteiger partial charge in [-0.15, -0.1) is 0 Å². The van der Waals surface area contributed by atoms with Crippen LogP contribution in [-0.4, -0.2) is 15.0 Å². The van der Waals surface area contributed by atoms with Crippen molar-refractivity contribution in [1.82, 2.24) is 20.3 Å². The Morgan fingerprint density at radius 1 is 1.17 bits per heavy atom. The van der Waals surface area contributed by atoms with Gasteiger partial charge in [-0.25, -0.2) is 9.97 Å². The van der Waals surface area contributed by atoms with E-state index in [1.807, 2.05) is 18.3 Å². The second-order valence-corrected chi connectivity index (χ2v) is 4.98. The van der Waals surface area contributed by atoms with E-state index in [1.165, 1.54) is 29.8 Å². The van der Waals surface area contributed by atoms with Gasteiger partial charge in [-0.1, -0.05) is 0 Å². The van der Waals surface area contributed by atoms with Crippen molar-refractivity contribution in [1.29, 1.82) is 0 Å². The highest BCUT2D eigenvalue weighted by atomic mass is 15.0. The van der Waals surface area contributed by atoms with Crippen molar-refractivity contribution < 1.29 is 0 Å². The molecular weight excluding hydrogens is 224 g/mol. The second-order valence-electron chi connectivity index (χ2n) is 4.98. The van der Waals surface area contributed by atoms with E-state index in [4.69, 9.17) is 4.98 Å². The molecule has 1 saturated carbocycles. The molecular formula is C14H14N4. The molecule has 4 rings (SSSR count). The molecule has 1 fully saturated rings. The average Bonchev–Trinajstić information content (AvgIpc) is 3.16. The molecule has 4 nitrogen and oxygen atoms in total. The van der Waals surface area contributed by atoms with E-state index in [0.717, 1.165) is 24.5 Å². The summed E-state index contributed by atoms with van der Waals surface area (Å²) in [5.41, 5.74) is 4.79. The Morgan fingerprint density at radius 2 is 2.11 bits per heavy atom. The van der Waals surface area contributed by atoms with Crippen LogP contribution in [0.3, 0.4) is 0 Å². The van der Waals surface area contributed by atoms with Crippen LogP contribution >= 0.6 is 0 Å². The highest BCUT2D eigenvalue weighted by Crippen LogP contribution is 2.42. The first-order valence-corrected chi connectivity index (χ1v) is 6.42. The molecule has 0 amide bonds. The quantitative estimate of drug-likeness (QED) is 0.869. The fraction of sp³-hybridized carbons (Fsp3) is 0.357. The van der Waals surface area contributed by atoms with Gasteiger partial charge in [-0.2, -0.15) is 0 Å². The third kappa shape index (κ3) is 1.61. The lowest BCUT2D eigenvalue weighted by Crippen LogP contribution is -2.02. The minimum absolute atomic E-state index is 0.664. The van der Waals surface area contributed by atoms with Gasteiger partial charge < -0.3 is 5.32 Å². The lowest BCUT2D eigenvalue weighted by Gasteiger charge is -2.08. The topological polar surface area (TPSA) is 50.7 Å². The maximum Gasteiger partial charge on any atom is 0.161 e. The van der Waals surface area contributed by atoms with Gasteiger partial charge in [0.2, 0.25) is 0 Å². The zero-order valence-electron chi connectivity index (χ0n) is 10.1. The molecule has 90 valence electrons. The molecule has 1 N–H and O–H groups in total. The first kappa shape index (κ1) is 10.1. The number of hydrogen-bond acceptors (Lipinski definition) is 4. The molecule has 1 aliphatic heterocycles. The second kappa shape index (κ2) is 3.85. The molecule has 18 heavy (non-hydrogen) atoms. The zero-order valence-corrected chi connectivity index (χ0v) is 10.1. The van der Waals surface area contributed by atoms with Crippen molar-refractivity contribution >= 4 is 0 Å². The summed E-state index contributed by atoms with van der Waals surface area (Å²) in [7, 11) is 0. The van der Waals surface area contributed by atoms with Crippen LogP contribution < -0.4 is 5.32 Å². The van der Waals surface area contributed by atoms with Crippen molar-refractivity contribution in [3.05, 3.63) is 41.5 Å². The number of pyridine rings is 1. The van der Waals surface area contributed by atoms with E-state index >= 15 is 0 Å². The summed E-state index contributed by atoms with van der Waals surface area (Å²) < 4.78 is 0. The van der Waals surface area contributed by atoms with E-state index in [0.29, 0.717) is 5.92 Å². The Bertz CT molecular complexity index is 590. The van der Waals surface area contributed by atoms with Crippen molar-refractivity contribution in [2.24, 2.45) is 0 Å². The first-order chi connectivity index (χ1) is 8.92. The van der Waals surface area contributed by atoms with Gasteiger partial charge >= 0.3 is 0 Å². The number of fused-ring (bicyclic) bond motifs is 1. The maximum atomic E-state index is 4.79. The third-order valence-electron chi connectivity index (χ3n) is 3.60. The highest BCUT2D eigenvalue weighted by molar-refractivity contribution is 5.55. The third-order valence-corrected chi connectivity index (χ3v) is 3.60. The Hall–Kier alpha value is -1.81.